The molecule has 1 heterocycles. The van der Waals surface area contributed by atoms with Crippen LogP contribution in [0.5, 0.6) is 11.5 Å². The van der Waals surface area contributed by atoms with Crippen LogP contribution in [0.2, 0.25) is 0 Å². The van der Waals surface area contributed by atoms with Gasteiger partial charge in [0.2, 0.25) is 0 Å². The summed E-state index contributed by atoms with van der Waals surface area (Å²) in [5.74, 6) is 0.0656. The molecule has 0 amide bonds. The molecule has 0 spiro atoms. The molecule has 98 valence electrons. The molecule has 0 unspecified atom stereocenters. The van der Waals surface area contributed by atoms with Crippen LogP contribution in [0.1, 0.15) is 11.6 Å². The molecular weight excluding hydrogens is 238 g/mol. The Morgan fingerprint density at radius 3 is 2.83 bits per heavy atom. The average Bonchev–Trinajstić information content (AvgIpc) is 2.39. The minimum absolute atomic E-state index is 0.0516. The molecule has 1 atom stereocenters. The van der Waals surface area contributed by atoms with Gasteiger partial charge in [0.15, 0.2) is 11.5 Å². The molecule has 0 radical (unpaired) electrons. The van der Waals surface area contributed by atoms with Crippen LogP contribution in [0.3, 0.4) is 0 Å². The number of benzene rings is 1. The number of phenolic OH excluding ortho intramolecular Hbond substituents is 1. The van der Waals surface area contributed by atoms with Crippen LogP contribution >= 0.6 is 0 Å². The molecule has 0 aliphatic carbocycles. The van der Waals surface area contributed by atoms with E-state index in [4.69, 9.17) is 4.74 Å². The Morgan fingerprint density at radius 1 is 1.50 bits per heavy atom. The molecule has 7 nitrogen and oxygen atoms in total. The number of non-ortho nitro benzene ring substituents is 1. The summed E-state index contributed by atoms with van der Waals surface area (Å²) in [7, 11) is 1.37. The standard InChI is InChI=1S/C11H15N3O4/c1-18-10-5-7(14(16)17)4-8(11(10)15)9-6-12-2-3-13-9/h4-5,9,12-13,15H,2-3,6H2,1H3/t9-/m1/s1. The number of ether oxygens (including phenoxy) is 1. The molecular formula is C11H15N3O4. The SMILES string of the molecule is COc1cc([N+](=O)[O-])cc([C@H]2CNCCN2)c1O. The van der Waals surface area contributed by atoms with Gasteiger partial charge in [-0.05, 0) is 0 Å². The van der Waals surface area contributed by atoms with Crippen molar-refractivity contribution in [2.45, 2.75) is 6.04 Å². The molecule has 3 N–H and O–H groups in total. The van der Waals surface area contributed by atoms with E-state index in [0.717, 1.165) is 13.1 Å². The lowest BCUT2D eigenvalue weighted by Crippen LogP contribution is -2.42. The Hall–Kier alpha value is -1.86. The van der Waals surface area contributed by atoms with Gasteiger partial charge in [0.05, 0.1) is 18.1 Å². The Bertz CT molecular complexity index is 458. The first-order valence-electron chi connectivity index (χ1n) is 5.63. The fraction of sp³-hybridized carbons (Fsp3) is 0.455. The van der Waals surface area contributed by atoms with E-state index in [9.17, 15) is 15.2 Å². The van der Waals surface area contributed by atoms with Gasteiger partial charge >= 0.3 is 0 Å². The second-order valence-corrected chi connectivity index (χ2v) is 4.05. The highest BCUT2D eigenvalue weighted by Gasteiger charge is 2.24. The molecule has 0 aromatic heterocycles. The van der Waals surface area contributed by atoms with Crippen LogP contribution in [0.15, 0.2) is 12.1 Å². The Balaban J connectivity index is 2.43. The van der Waals surface area contributed by atoms with Gasteiger partial charge in [0, 0.05) is 37.3 Å². The van der Waals surface area contributed by atoms with Gasteiger partial charge in [-0.1, -0.05) is 0 Å². The summed E-state index contributed by atoms with van der Waals surface area (Å²) >= 11 is 0. The maximum absolute atomic E-state index is 10.8. The molecule has 7 heteroatoms. The van der Waals surface area contributed by atoms with Crippen molar-refractivity contribution in [3.05, 3.63) is 27.8 Å². The highest BCUT2D eigenvalue weighted by atomic mass is 16.6. The predicted octanol–water partition coefficient (Wildman–Crippen LogP) is 0.543. The van der Waals surface area contributed by atoms with Crippen molar-refractivity contribution in [3.8, 4) is 11.5 Å². The largest absolute Gasteiger partial charge is 0.504 e. The van der Waals surface area contributed by atoms with E-state index >= 15 is 0 Å². The number of aromatic hydroxyl groups is 1. The molecule has 0 bridgehead atoms. The number of methoxy groups -OCH3 is 1. The summed E-state index contributed by atoms with van der Waals surface area (Å²) in [6.07, 6.45) is 0. The third-order valence-electron chi connectivity index (χ3n) is 2.94. The molecule has 2 rings (SSSR count). The van der Waals surface area contributed by atoms with Crippen LogP contribution in [0.4, 0.5) is 5.69 Å². The summed E-state index contributed by atoms with van der Waals surface area (Å²) in [6, 6.07) is 2.44. The topological polar surface area (TPSA) is 96.7 Å². The van der Waals surface area contributed by atoms with Crippen LogP contribution in [0, 0.1) is 10.1 Å². The third kappa shape index (κ3) is 2.36. The van der Waals surface area contributed by atoms with Crippen LogP contribution in [0.25, 0.3) is 0 Å². The number of piperazine rings is 1. The zero-order valence-corrected chi connectivity index (χ0v) is 9.97. The number of hydrogen-bond acceptors (Lipinski definition) is 6. The molecule has 18 heavy (non-hydrogen) atoms. The summed E-state index contributed by atoms with van der Waals surface area (Å²) < 4.78 is 4.96. The average molecular weight is 253 g/mol. The second kappa shape index (κ2) is 5.19. The quantitative estimate of drug-likeness (QED) is 0.537. The molecule has 1 fully saturated rings. The first-order chi connectivity index (χ1) is 8.63. The summed E-state index contributed by atoms with van der Waals surface area (Å²) in [4.78, 5) is 10.3. The van der Waals surface area contributed by atoms with E-state index in [0.29, 0.717) is 12.1 Å². The van der Waals surface area contributed by atoms with Crippen LogP contribution < -0.4 is 15.4 Å². The second-order valence-electron chi connectivity index (χ2n) is 4.05. The Labute approximate surface area is 104 Å². The van der Waals surface area contributed by atoms with Gasteiger partial charge in [0.1, 0.15) is 0 Å². The van der Waals surface area contributed by atoms with Gasteiger partial charge in [-0.15, -0.1) is 0 Å². The summed E-state index contributed by atoms with van der Waals surface area (Å²) in [6.45, 7) is 2.19. The number of phenols is 1. The number of rotatable bonds is 3. The Morgan fingerprint density at radius 2 is 2.28 bits per heavy atom. The maximum atomic E-state index is 10.8. The zero-order chi connectivity index (χ0) is 13.1. The van der Waals surface area contributed by atoms with E-state index in [2.05, 4.69) is 10.6 Å². The molecule has 1 aromatic carbocycles. The number of nitrogens with one attached hydrogen (secondary N) is 2. The smallest absolute Gasteiger partial charge is 0.273 e. The van der Waals surface area contributed by atoms with Gasteiger partial charge in [-0.3, -0.25) is 10.1 Å². The normalized spacial score (nSPS) is 19.5. The first kappa shape index (κ1) is 12.6. The number of hydrogen-bond donors (Lipinski definition) is 3. The lowest BCUT2D eigenvalue weighted by Gasteiger charge is -2.25. The van der Waals surface area contributed by atoms with Crippen molar-refractivity contribution in [1.82, 2.24) is 10.6 Å². The highest BCUT2D eigenvalue weighted by Crippen LogP contribution is 2.37. The van der Waals surface area contributed by atoms with Gasteiger partial charge in [-0.25, -0.2) is 0 Å². The number of nitro groups is 1. The van der Waals surface area contributed by atoms with Crippen LogP contribution in [-0.2, 0) is 0 Å². The summed E-state index contributed by atoms with van der Waals surface area (Å²) in [5, 5.41) is 27.2. The van der Waals surface area contributed by atoms with Gasteiger partial charge < -0.3 is 20.5 Å². The van der Waals surface area contributed by atoms with E-state index in [1.54, 1.807) is 0 Å². The van der Waals surface area contributed by atoms with Gasteiger partial charge in [-0.2, -0.15) is 0 Å². The van der Waals surface area contributed by atoms with E-state index in [1.165, 1.54) is 19.2 Å². The fourth-order valence-corrected chi connectivity index (χ4v) is 2.01. The monoisotopic (exact) mass is 253 g/mol. The van der Waals surface area contributed by atoms with Crippen molar-refractivity contribution in [2.24, 2.45) is 0 Å². The molecule has 1 aromatic rings. The molecule has 0 saturated carbocycles. The molecule has 1 aliphatic heterocycles. The predicted molar refractivity (Wildman–Crippen MR) is 64.9 cm³/mol. The van der Waals surface area contributed by atoms with Gasteiger partial charge in [0.25, 0.3) is 5.69 Å². The Kier molecular flexibility index (Phi) is 3.63. The zero-order valence-electron chi connectivity index (χ0n) is 9.97. The van der Waals surface area contributed by atoms with Crippen LogP contribution in [-0.4, -0.2) is 36.8 Å². The fourth-order valence-electron chi connectivity index (χ4n) is 2.01. The molecule has 1 saturated heterocycles. The maximum Gasteiger partial charge on any atom is 0.273 e. The van der Waals surface area contributed by atoms with Crippen molar-refractivity contribution in [2.75, 3.05) is 26.7 Å². The first-order valence-corrected chi connectivity index (χ1v) is 5.63. The van der Waals surface area contributed by atoms with Crippen molar-refractivity contribution >= 4 is 5.69 Å². The van der Waals surface area contributed by atoms with Crippen molar-refractivity contribution < 1.29 is 14.8 Å². The summed E-state index contributed by atoms with van der Waals surface area (Å²) in [5.41, 5.74) is 0.389. The minimum Gasteiger partial charge on any atom is -0.504 e. The van der Waals surface area contributed by atoms with E-state index < -0.39 is 4.92 Å². The number of nitro benzene ring substituents is 1. The highest BCUT2D eigenvalue weighted by molar-refractivity contribution is 5.54. The number of nitrogens with zero attached hydrogens (tertiary/aromatic N) is 1. The third-order valence-corrected chi connectivity index (χ3v) is 2.94. The van der Waals surface area contributed by atoms with Crippen molar-refractivity contribution in [1.29, 1.82) is 0 Å². The minimum atomic E-state index is -0.498. The molecule has 1 aliphatic rings. The van der Waals surface area contributed by atoms with E-state index in [-0.39, 0.29) is 23.2 Å². The lowest BCUT2D eigenvalue weighted by atomic mass is 10.0. The van der Waals surface area contributed by atoms with Crippen molar-refractivity contribution in [3.63, 3.8) is 0 Å². The van der Waals surface area contributed by atoms with E-state index in [1.807, 2.05) is 0 Å². The lowest BCUT2D eigenvalue weighted by molar-refractivity contribution is -0.385.